The second-order valence-corrected chi connectivity index (χ2v) is 6.96. The molecule has 0 unspecified atom stereocenters. The Morgan fingerprint density at radius 2 is 1.85 bits per heavy atom. The van der Waals surface area contributed by atoms with Gasteiger partial charge in [0.25, 0.3) is 0 Å². The third kappa shape index (κ3) is 4.69. The van der Waals surface area contributed by atoms with Crippen molar-refractivity contribution in [3.63, 3.8) is 0 Å². The van der Waals surface area contributed by atoms with E-state index in [-0.39, 0.29) is 24.0 Å². The lowest BCUT2D eigenvalue weighted by Gasteiger charge is -2.23. The van der Waals surface area contributed by atoms with Crippen LogP contribution in [0, 0.1) is 11.8 Å². The topological polar surface area (TPSA) is 67.4 Å². The second-order valence-electron chi connectivity index (χ2n) is 6.96. The normalized spacial score (nSPS) is 26.1. The zero-order valence-electron chi connectivity index (χ0n) is 12.7. The Balaban J connectivity index is 1.73. The first-order valence-corrected chi connectivity index (χ1v) is 7.62. The smallest absolute Gasteiger partial charge is 0.407 e. The van der Waals surface area contributed by atoms with Crippen LogP contribution in [-0.2, 0) is 9.53 Å². The number of amides is 2. The molecule has 0 saturated heterocycles. The molecule has 2 aliphatic rings. The molecule has 0 aromatic carbocycles. The Bertz CT molecular complexity index is 372. The van der Waals surface area contributed by atoms with Crippen LogP contribution in [0.3, 0.4) is 0 Å². The highest BCUT2D eigenvalue weighted by Crippen LogP contribution is 2.31. The SMILES string of the molecule is CC(C)(C)OC(=O)NC[C@H]1CCC[C@@H]1NC(=O)C1CC1. The lowest BCUT2D eigenvalue weighted by molar-refractivity contribution is -0.123. The van der Waals surface area contributed by atoms with Crippen LogP contribution in [0.15, 0.2) is 0 Å². The molecular weight excluding hydrogens is 256 g/mol. The summed E-state index contributed by atoms with van der Waals surface area (Å²) in [5.41, 5.74) is -0.473. The van der Waals surface area contributed by atoms with Gasteiger partial charge in [-0.2, -0.15) is 0 Å². The van der Waals surface area contributed by atoms with Gasteiger partial charge in [0.2, 0.25) is 5.91 Å². The monoisotopic (exact) mass is 282 g/mol. The quantitative estimate of drug-likeness (QED) is 0.830. The molecule has 2 fully saturated rings. The standard InChI is InChI=1S/C15H26N2O3/c1-15(2,3)20-14(19)16-9-11-5-4-6-12(11)17-13(18)10-7-8-10/h10-12H,4-9H2,1-3H3,(H,16,19)(H,17,18)/t11-,12+/m1/s1. The minimum absolute atomic E-state index is 0.194. The van der Waals surface area contributed by atoms with E-state index in [0.717, 1.165) is 32.1 Å². The number of rotatable bonds is 4. The first-order valence-electron chi connectivity index (χ1n) is 7.62. The van der Waals surface area contributed by atoms with E-state index in [2.05, 4.69) is 10.6 Å². The van der Waals surface area contributed by atoms with Gasteiger partial charge in [-0.1, -0.05) is 6.42 Å². The molecular formula is C15H26N2O3. The predicted octanol–water partition coefficient (Wildman–Crippen LogP) is 2.21. The van der Waals surface area contributed by atoms with E-state index >= 15 is 0 Å². The highest BCUT2D eigenvalue weighted by Gasteiger charge is 2.34. The van der Waals surface area contributed by atoms with Crippen LogP contribution in [0.4, 0.5) is 4.79 Å². The van der Waals surface area contributed by atoms with Gasteiger partial charge in [-0.3, -0.25) is 4.79 Å². The molecule has 0 aliphatic heterocycles. The predicted molar refractivity (Wildman–Crippen MR) is 76.2 cm³/mol. The summed E-state index contributed by atoms with van der Waals surface area (Å²) in [5.74, 6) is 0.763. The van der Waals surface area contributed by atoms with E-state index in [9.17, 15) is 9.59 Å². The molecule has 5 nitrogen and oxygen atoms in total. The van der Waals surface area contributed by atoms with E-state index in [4.69, 9.17) is 4.74 Å². The Morgan fingerprint density at radius 3 is 2.45 bits per heavy atom. The summed E-state index contributed by atoms with van der Waals surface area (Å²) in [7, 11) is 0. The van der Waals surface area contributed by atoms with Crippen LogP contribution in [0.5, 0.6) is 0 Å². The fraction of sp³-hybridized carbons (Fsp3) is 0.867. The molecule has 0 bridgehead atoms. The molecule has 2 amide bonds. The van der Waals surface area contributed by atoms with Gasteiger partial charge < -0.3 is 15.4 Å². The van der Waals surface area contributed by atoms with Crippen LogP contribution in [0.1, 0.15) is 52.9 Å². The number of ether oxygens (including phenoxy) is 1. The number of carbonyl (C=O) groups excluding carboxylic acids is 2. The van der Waals surface area contributed by atoms with E-state index in [1.165, 1.54) is 0 Å². The first-order chi connectivity index (χ1) is 9.35. The van der Waals surface area contributed by atoms with Crippen LogP contribution in [-0.4, -0.2) is 30.2 Å². The van der Waals surface area contributed by atoms with Crippen LogP contribution >= 0.6 is 0 Å². The third-order valence-electron chi connectivity index (χ3n) is 3.84. The molecule has 2 aliphatic carbocycles. The Kier molecular flexibility index (Phi) is 4.55. The maximum absolute atomic E-state index is 11.8. The number of nitrogens with one attached hydrogen (secondary N) is 2. The minimum Gasteiger partial charge on any atom is -0.444 e. The van der Waals surface area contributed by atoms with E-state index in [1.54, 1.807) is 0 Å². The van der Waals surface area contributed by atoms with Crippen molar-refractivity contribution in [2.24, 2.45) is 11.8 Å². The molecule has 2 rings (SSSR count). The van der Waals surface area contributed by atoms with Gasteiger partial charge in [-0.25, -0.2) is 4.79 Å². The van der Waals surface area contributed by atoms with Crippen molar-refractivity contribution in [1.29, 1.82) is 0 Å². The van der Waals surface area contributed by atoms with Gasteiger partial charge in [-0.15, -0.1) is 0 Å². The molecule has 20 heavy (non-hydrogen) atoms. The summed E-state index contributed by atoms with van der Waals surface area (Å²) >= 11 is 0. The first kappa shape index (κ1) is 15.1. The maximum atomic E-state index is 11.8. The van der Waals surface area contributed by atoms with Crippen molar-refractivity contribution in [3.8, 4) is 0 Å². The van der Waals surface area contributed by atoms with Crippen LogP contribution in [0.2, 0.25) is 0 Å². The molecule has 2 saturated carbocycles. The van der Waals surface area contributed by atoms with Gasteiger partial charge in [0.1, 0.15) is 5.60 Å². The Hall–Kier alpha value is -1.26. The van der Waals surface area contributed by atoms with Crippen molar-refractivity contribution >= 4 is 12.0 Å². The van der Waals surface area contributed by atoms with Crippen molar-refractivity contribution < 1.29 is 14.3 Å². The molecule has 0 radical (unpaired) electrons. The molecule has 2 atom stereocenters. The fourth-order valence-corrected chi connectivity index (χ4v) is 2.65. The number of hydrogen-bond acceptors (Lipinski definition) is 3. The van der Waals surface area contributed by atoms with E-state index in [0.29, 0.717) is 12.5 Å². The van der Waals surface area contributed by atoms with Crippen LogP contribution in [0.25, 0.3) is 0 Å². The van der Waals surface area contributed by atoms with Gasteiger partial charge in [0.05, 0.1) is 0 Å². The molecule has 0 spiro atoms. The highest BCUT2D eigenvalue weighted by atomic mass is 16.6. The molecule has 0 aromatic heterocycles. The van der Waals surface area contributed by atoms with Crippen molar-refractivity contribution in [2.75, 3.05) is 6.54 Å². The largest absolute Gasteiger partial charge is 0.444 e. The minimum atomic E-state index is -0.473. The molecule has 0 aromatic rings. The zero-order valence-corrected chi connectivity index (χ0v) is 12.7. The molecule has 114 valence electrons. The second kappa shape index (κ2) is 6.02. The summed E-state index contributed by atoms with van der Waals surface area (Å²) in [5, 5.41) is 5.95. The zero-order chi connectivity index (χ0) is 14.8. The lowest BCUT2D eigenvalue weighted by atomic mass is 10.0. The summed E-state index contributed by atoms with van der Waals surface area (Å²) in [6.45, 7) is 6.12. The van der Waals surface area contributed by atoms with Gasteiger partial charge in [-0.05, 0) is 52.4 Å². The summed E-state index contributed by atoms with van der Waals surface area (Å²) < 4.78 is 5.22. The molecule has 2 N–H and O–H groups in total. The fourth-order valence-electron chi connectivity index (χ4n) is 2.65. The van der Waals surface area contributed by atoms with E-state index < -0.39 is 5.60 Å². The maximum Gasteiger partial charge on any atom is 0.407 e. The van der Waals surface area contributed by atoms with E-state index in [1.807, 2.05) is 20.8 Å². The van der Waals surface area contributed by atoms with Gasteiger partial charge in [0.15, 0.2) is 0 Å². The van der Waals surface area contributed by atoms with Crippen LogP contribution < -0.4 is 10.6 Å². The van der Waals surface area contributed by atoms with Gasteiger partial charge in [0, 0.05) is 18.5 Å². The third-order valence-corrected chi connectivity index (χ3v) is 3.84. The van der Waals surface area contributed by atoms with Crippen molar-refractivity contribution in [1.82, 2.24) is 10.6 Å². The van der Waals surface area contributed by atoms with Crippen molar-refractivity contribution in [2.45, 2.75) is 64.5 Å². The molecule has 0 heterocycles. The highest BCUT2D eigenvalue weighted by molar-refractivity contribution is 5.81. The van der Waals surface area contributed by atoms with Crippen molar-refractivity contribution in [3.05, 3.63) is 0 Å². The number of carbonyl (C=O) groups is 2. The average molecular weight is 282 g/mol. The average Bonchev–Trinajstić information content (AvgIpc) is 3.07. The Labute approximate surface area is 120 Å². The Morgan fingerprint density at radius 1 is 1.15 bits per heavy atom. The summed E-state index contributed by atoms with van der Waals surface area (Å²) in [4.78, 5) is 23.5. The lowest BCUT2D eigenvalue weighted by Crippen LogP contribution is -2.43. The molecule has 5 heteroatoms. The number of alkyl carbamates (subject to hydrolysis) is 1. The number of hydrogen-bond donors (Lipinski definition) is 2. The summed E-state index contributed by atoms with van der Waals surface area (Å²) in [6, 6.07) is 0.207. The van der Waals surface area contributed by atoms with Gasteiger partial charge >= 0.3 is 6.09 Å². The summed E-state index contributed by atoms with van der Waals surface area (Å²) in [6.07, 6.45) is 4.84.